The number of nitrogens with zero attached hydrogens (tertiary/aromatic N) is 1. The number of amides is 1. The molecule has 0 atom stereocenters. The number of thioether (sulfide) groups is 1. The van der Waals surface area contributed by atoms with E-state index in [2.05, 4.69) is 45.2 Å². The maximum Gasteiger partial charge on any atom is 0.246 e. The zero-order valence-corrected chi connectivity index (χ0v) is 19.5. The largest absolute Gasteiger partial charge is 0.508 e. The molecule has 1 amide bonds. The molecule has 1 fully saturated rings. The topological polar surface area (TPSA) is 85.8 Å². The first-order valence-electron chi connectivity index (χ1n) is 9.44. The van der Waals surface area contributed by atoms with Gasteiger partial charge in [-0.2, -0.15) is 0 Å². The van der Waals surface area contributed by atoms with Gasteiger partial charge in [0.1, 0.15) is 12.3 Å². The van der Waals surface area contributed by atoms with Gasteiger partial charge in [-0.15, -0.1) is 35.7 Å². The number of phenols is 1. The number of hydrogen-bond donors (Lipinski definition) is 4. The van der Waals surface area contributed by atoms with Crippen molar-refractivity contribution in [1.82, 2.24) is 10.6 Å². The summed E-state index contributed by atoms with van der Waals surface area (Å²) in [5.74, 6) is 0.600. The molecule has 6 nitrogen and oxygen atoms in total. The summed E-state index contributed by atoms with van der Waals surface area (Å²) in [5.41, 5.74) is 0.632. The van der Waals surface area contributed by atoms with Gasteiger partial charge < -0.3 is 21.1 Å². The highest BCUT2D eigenvalue weighted by Gasteiger charge is 2.43. The van der Waals surface area contributed by atoms with Crippen LogP contribution in [-0.4, -0.2) is 41.4 Å². The number of carbonyl (C=O) groups is 1. The Balaban J connectivity index is 0.00000300. The Bertz CT molecular complexity index is 811. The third-order valence-electron chi connectivity index (χ3n) is 4.34. The number of aliphatic imine (C=N–C) groups is 1. The van der Waals surface area contributed by atoms with E-state index < -0.39 is 0 Å². The molecule has 0 unspecified atom stereocenters. The van der Waals surface area contributed by atoms with Crippen LogP contribution in [0.25, 0.3) is 0 Å². The van der Waals surface area contributed by atoms with Crippen LogP contribution in [0.3, 0.4) is 0 Å². The second-order valence-electron chi connectivity index (χ2n) is 6.74. The standard InChI is InChI=1S/C21H26N4O2S.HI/c1-2-22-20(23-14-19(27)25-16-8-10-17(26)11-9-16)24-15-21(12-13-21)28-18-6-4-3-5-7-18;/h3-11,26H,2,12-15H2,1H3,(H,25,27)(H2,22,23,24);1H. The van der Waals surface area contributed by atoms with Crippen LogP contribution in [0.2, 0.25) is 0 Å². The third kappa shape index (κ3) is 7.77. The maximum atomic E-state index is 12.1. The van der Waals surface area contributed by atoms with E-state index in [9.17, 15) is 9.90 Å². The van der Waals surface area contributed by atoms with Gasteiger partial charge in [0.05, 0.1) is 0 Å². The molecule has 29 heavy (non-hydrogen) atoms. The molecule has 156 valence electrons. The van der Waals surface area contributed by atoms with Gasteiger partial charge in [-0.1, -0.05) is 18.2 Å². The molecule has 2 aromatic rings. The Kier molecular flexibility index (Phi) is 9.09. The predicted octanol–water partition coefficient (Wildman–Crippen LogP) is 3.83. The quantitative estimate of drug-likeness (QED) is 0.182. The van der Waals surface area contributed by atoms with Crippen LogP contribution in [-0.2, 0) is 4.79 Å². The maximum absolute atomic E-state index is 12.1. The molecule has 0 spiro atoms. The number of aromatic hydroxyl groups is 1. The summed E-state index contributed by atoms with van der Waals surface area (Å²) in [4.78, 5) is 17.8. The van der Waals surface area contributed by atoms with E-state index in [0.717, 1.165) is 13.1 Å². The molecule has 0 radical (unpaired) electrons. The number of anilines is 1. The van der Waals surface area contributed by atoms with E-state index in [0.29, 0.717) is 11.6 Å². The van der Waals surface area contributed by atoms with Gasteiger partial charge in [0, 0.05) is 28.4 Å². The highest BCUT2D eigenvalue weighted by molar-refractivity contribution is 14.0. The second kappa shape index (κ2) is 11.3. The van der Waals surface area contributed by atoms with E-state index in [4.69, 9.17) is 0 Å². The number of carbonyl (C=O) groups excluding carboxylic acids is 1. The van der Waals surface area contributed by atoms with Crippen LogP contribution in [0.4, 0.5) is 5.69 Å². The highest BCUT2D eigenvalue weighted by Crippen LogP contribution is 2.51. The summed E-state index contributed by atoms with van der Waals surface area (Å²) in [5, 5.41) is 18.6. The van der Waals surface area contributed by atoms with Crippen molar-refractivity contribution >= 4 is 53.3 Å². The van der Waals surface area contributed by atoms with Crippen LogP contribution < -0.4 is 16.0 Å². The molecule has 4 N–H and O–H groups in total. The molecule has 2 aromatic carbocycles. The lowest BCUT2D eigenvalue weighted by Crippen LogP contribution is -2.41. The molecule has 1 aliphatic carbocycles. The van der Waals surface area contributed by atoms with Gasteiger partial charge in [-0.3, -0.25) is 4.79 Å². The van der Waals surface area contributed by atoms with Gasteiger partial charge in [0.25, 0.3) is 0 Å². The number of phenolic OH excluding ortho intramolecular Hbond substituents is 1. The first kappa shape index (κ1) is 23.3. The fraction of sp³-hybridized carbons (Fsp3) is 0.333. The van der Waals surface area contributed by atoms with Crippen molar-refractivity contribution in [2.24, 2.45) is 4.99 Å². The molecule has 3 rings (SSSR count). The summed E-state index contributed by atoms with van der Waals surface area (Å²) in [7, 11) is 0. The van der Waals surface area contributed by atoms with Gasteiger partial charge in [-0.25, -0.2) is 4.99 Å². The molecule has 0 bridgehead atoms. The fourth-order valence-electron chi connectivity index (χ4n) is 2.68. The monoisotopic (exact) mass is 526 g/mol. The second-order valence-corrected chi connectivity index (χ2v) is 8.28. The minimum absolute atomic E-state index is 0. The molecule has 0 saturated heterocycles. The molecule has 0 heterocycles. The van der Waals surface area contributed by atoms with Gasteiger partial charge in [0.15, 0.2) is 5.96 Å². The SMILES string of the molecule is CCNC(=NCC(=O)Nc1ccc(O)cc1)NCC1(Sc2ccccc2)CC1.I. The predicted molar refractivity (Wildman–Crippen MR) is 130 cm³/mol. The zero-order valence-electron chi connectivity index (χ0n) is 16.4. The smallest absolute Gasteiger partial charge is 0.246 e. The first-order chi connectivity index (χ1) is 13.6. The normalized spacial score (nSPS) is 14.4. The van der Waals surface area contributed by atoms with Crippen molar-refractivity contribution in [3.8, 4) is 5.75 Å². The lowest BCUT2D eigenvalue weighted by atomic mass is 10.3. The van der Waals surface area contributed by atoms with Crippen LogP contribution >= 0.6 is 35.7 Å². The summed E-state index contributed by atoms with van der Waals surface area (Å²) in [6.07, 6.45) is 2.33. The molecular weight excluding hydrogens is 499 g/mol. The average molecular weight is 526 g/mol. The zero-order chi connectivity index (χ0) is 19.8. The molecule has 8 heteroatoms. The van der Waals surface area contributed by atoms with Crippen molar-refractivity contribution in [2.45, 2.75) is 29.4 Å². The Morgan fingerprint density at radius 1 is 1.10 bits per heavy atom. The summed E-state index contributed by atoms with van der Waals surface area (Å²) >= 11 is 1.90. The Morgan fingerprint density at radius 2 is 1.79 bits per heavy atom. The van der Waals surface area contributed by atoms with Gasteiger partial charge in [-0.05, 0) is 56.2 Å². The fourth-order valence-corrected chi connectivity index (χ4v) is 3.92. The molecule has 1 aliphatic rings. The Labute approximate surface area is 193 Å². The highest BCUT2D eigenvalue weighted by atomic mass is 127. The summed E-state index contributed by atoms with van der Waals surface area (Å²) in [6.45, 7) is 3.55. The van der Waals surface area contributed by atoms with E-state index in [1.54, 1.807) is 12.1 Å². The lowest BCUT2D eigenvalue weighted by molar-refractivity contribution is -0.114. The number of halogens is 1. The molecular formula is C21H27IN4O2S. The van der Waals surface area contributed by atoms with Crippen molar-refractivity contribution in [1.29, 1.82) is 0 Å². The van der Waals surface area contributed by atoms with Crippen LogP contribution in [0.15, 0.2) is 64.5 Å². The lowest BCUT2D eigenvalue weighted by Gasteiger charge is -2.18. The van der Waals surface area contributed by atoms with E-state index >= 15 is 0 Å². The molecule has 0 aliphatic heterocycles. The van der Waals surface area contributed by atoms with E-state index in [1.807, 2.05) is 24.8 Å². The van der Waals surface area contributed by atoms with Crippen LogP contribution in [0.1, 0.15) is 19.8 Å². The number of rotatable bonds is 8. The van der Waals surface area contributed by atoms with Crippen LogP contribution in [0.5, 0.6) is 5.75 Å². The minimum Gasteiger partial charge on any atom is -0.508 e. The van der Waals surface area contributed by atoms with Crippen molar-refractivity contribution in [3.05, 3.63) is 54.6 Å². The van der Waals surface area contributed by atoms with Crippen molar-refractivity contribution in [3.63, 3.8) is 0 Å². The number of benzene rings is 2. The minimum atomic E-state index is -0.206. The van der Waals surface area contributed by atoms with E-state index in [-0.39, 0.29) is 46.9 Å². The number of guanidine groups is 1. The first-order valence-corrected chi connectivity index (χ1v) is 10.3. The number of nitrogens with one attached hydrogen (secondary N) is 3. The Morgan fingerprint density at radius 3 is 2.41 bits per heavy atom. The third-order valence-corrected chi connectivity index (χ3v) is 5.83. The van der Waals surface area contributed by atoms with Gasteiger partial charge >= 0.3 is 0 Å². The van der Waals surface area contributed by atoms with Crippen LogP contribution in [0, 0.1) is 0 Å². The average Bonchev–Trinajstić information content (AvgIpc) is 3.46. The summed E-state index contributed by atoms with van der Waals surface area (Å²) < 4.78 is 0.200. The molecule has 1 saturated carbocycles. The molecule has 0 aromatic heterocycles. The van der Waals surface area contributed by atoms with E-state index in [1.165, 1.54) is 29.9 Å². The Hall–Kier alpha value is -1.94. The van der Waals surface area contributed by atoms with Gasteiger partial charge in [0.2, 0.25) is 5.91 Å². The van der Waals surface area contributed by atoms with Crippen molar-refractivity contribution in [2.75, 3.05) is 25.0 Å². The number of hydrogen-bond acceptors (Lipinski definition) is 4. The van der Waals surface area contributed by atoms with Crippen molar-refractivity contribution < 1.29 is 9.90 Å². The summed E-state index contributed by atoms with van der Waals surface area (Å²) in [6, 6.07) is 16.8.